The van der Waals surface area contributed by atoms with E-state index < -0.39 is 0 Å². The van der Waals surface area contributed by atoms with Gasteiger partial charge >= 0.3 is 0 Å². The fourth-order valence-electron chi connectivity index (χ4n) is 3.19. The predicted molar refractivity (Wildman–Crippen MR) is 89.6 cm³/mol. The Bertz CT molecular complexity index is 963. The van der Waals surface area contributed by atoms with Crippen LogP contribution in [0.5, 0.6) is 5.75 Å². The molecule has 110 valence electrons. The lowest BCUT2D eigenvalue weighted by Crippen LogP contribution is -2.29. The third kappa shape index (κ3) is 1.78. The van der Waals surface area contributed by atoms with Gasteiger partial charge in [0.15, 0.2) is 5.43 Å². The van der Waals surface area contributed by atoms with E-state index in [0.717, 1.165) is 27.7 Å². The number of hydrogen-bond donors (Lipinski definition) is 0. The van der Waals surface area contributed by atoms with Crippen LogP contribution in [-0.2, 0) is 7.05 Å². The van der Waals surface area contributed by atoms with Gasteiger partial charge in [-0.05, 0) is 43.5 Å². The first-order valence-corrected chi connectivity index (χ1v) is 7.40. The number of para-hydroxylation sites is 1. The van der Waals surface area contributed by atoms with Crippen molar-refractivity contribution < 1.29 is 4.74 Å². The van der Waals surface area contributed by atoms with Gasteiger partial charge in [-0.15, -0.1) is 0 Å². The molecular formula is C19H17NO2. The quantitative estimate of drug-likeness (QED) is 0.589. The molecule has 0 amide bonds. The second-order valence-corrected chi connectivity index (χ2v) is 6.35. The summed E-state index contributed by atoms with van der Waals surface area (Å²) in [7, 11) is 2.00. The van der Waals surface area contributed by atoms with Gasteiger partial charge in [-0.25, -0.2) is 0 Å². The molecule has 0 aromatic heterocycles. The Balaban J connectivity index is 2.18. The maximum atomic E-state index is 12.5. The molecule has 4 rings (SSSR count). The minimum atomic E-state index is -0.386. The molecule has 3 heteroatoms. The average Bonchev–Trinajstić information content (AvgIpc) is 2.47. The highest BCUT2D eigenvalue weighted by Gasteiger charge is 2.27. The maximum Gasteiger partial charge on any atom is 0.191 e. The monoisotopic (exact) mass is 291 g/mol. The van der Waals surface area contributed by atoms with E-state index in [2.05, 4.69) is 16.7 Å². The van der Waals surface area contributed by atoms with E-state index in [1.807, 2.05) is 51.2 Å². The lowest BCUT2D eigenvalue weighted by Gasteiger charge is -2.30. The van der Waals surface area contributed by atoms with E-state index in [-0.39, 0.29) is 11.0 Å². The molecule has 0 radical (unpaired) electrons. The van der Waals surface area contributed by atoms with Crippen molar-refractivity contribution in [2.45, 2.75) is 19.4 Å². The molecule has 3 nitrogen and oxygen atoms in total. The van der Waals surface area contributed by atoms with Gasteiger partial charge in [-0.3, -0.25) is 4.79 Å². The minimum absolute atomic E-state index is 0.00111. The number of hydrogen-bond acceptors (Lipinski definition) is 2. The largest absolute Gasteiger partial charge is 0.483 e. The standard InChI is InChI=1S/C19H17NO2/c1-19(2)9-8-13-17(22-19)11-16(21)14-10-12-6-4-5-7-15(12)20(3)18(13)14/h4-11H,1-3H3. The van der Waals surface area contributed by atoms with Gasteiger partial charge in [0, 0.05) is 29.8 Å². The summed E-state index contributed by atoms with van der Waals surface area (Å²) >= 11 is 0. The third-order valence-corrected chi connectivity index (χ3v) is 4.26. The topological polar surface area (TPSA) is 31.2 Å². The van der Waals surface area contributed by atoms with Crippen LogP contribution in [0.15, 0.2) is 47.3 Å². The van der Waals surface area contributed by atoms with E-state index in [1.165, 1.54) is 0 Å². The molecule has 2 heterocycles. The normalized spacial score (nSPS) is 15.8. The van der Waals surface area contributed by atoms with Crippen LogP contribution in [-0.4, -0.2) is 10.2 Å². The molecule has 0 saturated carbocycles. The van der Waals surface area contributed by atoms with Gasteiger partial charge in [-0.1, -0.05) is 18.2 Å². The van der Waals surface area contributed by atoms with Crippen LogP contribution in [0.25, 0.3) is 28.2 Å². The summed E-state index contributed by atoms with van der Waals surface area (Å²) in [5, 5.41) is 1.07. The first kappa shape index (κ1) is 13.1. The van der Waals surface area contributed by atoms with Gasteiger partial charge in [0.1, 0.15) is 11.4 Å². The number of fused-ring (bicyclic) bond motifs is 4. The van der Waals surface area contributed by atoms with Crippen LogP contribution in [0.4, 0.5) is 0 Å². The molecule has 0 atom stereocenters. The summed E-state index contributed by atoms with van der Waals surface area (Å²) in [5.74, 6) is 0.663. The average molecular weight is 291 g/mol. The van der Waals surface area contributed by atoms with E-state index in [9.17, 15) is 4.79 Å². The number of benzene rings is 2. The van der Waals surface area contributed by atoms with Crippen molar-refractivity contribution in [3.63, 3.8) is 0 Å². The Labute approximate surface area is 128 Å². The van der Waals surface area contributed by atoms with Crippen LogP contribution in [0.2, 0.25) is 0 Å². The summed E-state index contributed by atoms with van der Waals surface area (Å²) in [6.45, 7) is 3.98. The molecule has 1 aliphatic carbocycles. The number of pyridine rings is 1. The molecular weight excluding hydrogens is 274 g/mol. The van der Waals surface area contributed by atoms with E-state index in [1.54, 1.807) is 6.07 Å². The molecule has 3 aliphatic rings. The highest BCUT2D eigenvalue weighted by molar-refractivity contribution is 5.90. The molecule has 0 bridgehead atoms. The zero-order valence-corrected chi connectivity index (χ0v) is 12.9. The fourth-order valence-corrected chi connectivity index (χ4v) is 3.19. The molecule has 1 aromatic carbocycles. The Morgan fingerprint density at radius 1 is 1.14 bits per heavy atom. The minimum Gasteiger partial charge on any atom is -0.483 e. The van der Waals surface area contributed by atoms with Crippen LogP contribution in [0, 0.1) is 0 Å². The number of rotatable bonds is 0. The highest BCUT2D eigenvalue weighted by atomic mass is 16.5. The molecule has 0 fully saturated rings. The number of ether oxygens (including phenoxy) is 1. The first-order chi connectivity index (χ1) is 10.5. The Morgan fingerprint density at radius 3 is 2.73 bits per heavy atom. The second kappa shape index (κ2) is 4.23. The summed E-state index contributed by atoms with van der Waals surface area (Å²) in [6.07, 6.45) is 4.10. The summed E-state index contributed by atoms with van der Waals surface area (Å²) in [4.78, 5) is 12.5. The maximum absolute atomic E-state index is 12.5. The summed E-state index contributed by atoms with van der Waals surface area (Å²) < 4.78 is 8.06. The van der Waals surface area contributed by atoms with Gasteiger partial charge in [-0.2, -0.15) is 0 Å². The van der Waals surface area contributed by atoms with Crippen molar-refractivity contribution in [1.29, 1.82) is 0 Å². The molecule has 0 unspecified atom stereocenters. The van der Waals surface area contributed by atoms with Crippen molar-refractivity contribution in [3.8, 4) is 17.0 Å². The Hall–Kier alpha value is -2.55. The van der Waals surface area contributed by atoms with E-state index in [4.69, 9.17) is 4.74 Å². The van der Waals surface area contributed by atoms with Crippen molar-refractivity contribution in [2.75, 3.05) is 0 Å². The van der Waals surface area contributed by atoms with E-state index in [0.29, 0.717) is 5.75 Å². The zero-order chi connectivity index (χ0) is 15.5. The molecule has 1 aromatic rings. The molecule has 0 N–H and O–H groups in total. The summed E-state index contributed by atoms with van der Waals surface area (Å²) in [6, 6.07) is 11.7. The Morgan fingerprint density at radius 2 is 1.91 bits per heavy atom. The van der Waals surface area contributed by atoms with Crippen LogP contribution in [0.1, 0.15) is 19.4 Å². The lowest BCUT2D eigenvalue weighted by atomic mass is 9.95. The fraction of sp³-hybridized carbons (Fsp3) is 0.211. The Kier molecular flexibility index (Phi) is 2.52. The third-order valence-electron chi connectivity index (χ3n) is 4.26. The van der Waals surface area contributed by atoms with E-state index >= 15 is 0 Å². The molecule has 22 heavy (non-hydrogen) atoms. The van der Waals surface area contributed by atoms with Gasteiger partial charge in [0.05, 0.1) is 5.69 Å². The first-order valence-electron chi connectivity index (χ1n) is 7.40. The van der Waals surface area contributed by atoms with Crippen molar-refractivity contribution >= 4 is 17.0 Å². The van der Waals surface area contributed by atoms with Crippen molar-refractivity contribution in [1.82, 2.24) is 4.57 Å². The highest BCUT2D eigenvalue weighted by Crippen LogP contribution is 2.38. The van der Waals surface area contributed by atoms with Gasteiger partial charge in [0.25, 0.3) is 0 Å². The van der Waals surface area contributed by atoms with Crippen LogP contribution >= 0.6 is 0 Å². The van der Waals surface area contributed by atoms with Crippen LogP contribution in [0.3, 0.4) is 0 Å². The zero-order valence-electron chi connectivity index (χ0n) is 12.9. The second-order valence-electron chi connectivity index (χ2n) is 6.35. The van der Waals surface area contributed by atoms with Gasteiger partial charge in [0.2, 0.25) is 0 Å². The SMILES string of the molecule is Cn1c2c3c(cc(=O)c-2cc2ccccc21)OC(C)(C)C=C3. The number of nitrogens with zero attached hydrogens (tertiary/aromatic N) is 1. The molecule has 0 saturated heterocycles. The summed E-state index contributed by atoms with van der Waals surface area (Å²) in [5.41, 5.74) is 3.34. The van der Waals surface area contributed by atoms with Gasteiger partial charge < -0.3 is 9.30 Å². The molecule has 0 spiro atoms. The number of aryl methyl sites for hydroxylation is 1. The van der Waals surface area contributed by atoms with Crippen LogP contribution < -0.4 is 10.2 Å². The predicted octanol–water partition coefficient (Wildman–Crippen LogP) is 3.83. The van der Waals surface area contributed by atoms with Crippen molar-refractivity contribution in [2.24, 2.45) is 7.05 Å². The smallest absolute Gasteiger partial charge is 0.191 e. The number of aromatic nitrogens is 1. The lowest BCUT2D eigenvalue weighted by molar-refractivity contribution is 0.159. The molecule has 2 aliphatic heterocycles. The van der Waals surface area contributed by atoms with Crippen molar-refractivity contribution in [3.05, 3.63) is 58.3 Å².